The molecule has 0 aliphatic heterocycles. The quantitative estimate of drug-likeness (QED) is 0.572. The zero-order valence-electron chi connectivity index (χ0n) is 8.80. The minimum atomic E-state index is -1.21. The van der Waals surface area contributed by atoms with E-state index in [1.165, 1.54) is 5.19 Å². The Morgan fingerprint density at radius 2 is 1.71 bits per heavy atom. The Labute approximate surface area is 91.1 Å². The highest BCUT2D eigenvalue weighted by Crippen LogP contribution is 2.06. The van der Waals surface area contributed by atoms with E-state index in [0.29, 0.717) is 6.42 Å². The molecule has 0 amide bonds. The third kappa shape index (κ3) is 3.27. The fraction of sp³-hybridized carbons (Fsp3) is 0.364. The highest BCUT2D eigenvalue weighted by molar-refractivity contribution is 6.88. The van der Waals surface area contributed by atoms with E-state index >= 15 is 0 Å². The van der Waals surface area contributed by atoms with Gasteiger partial charge < -0.3 is 0 Å². The van der Waals surface area contributed by atoms with Crippen molar-refractivity contribution in [3.8, 4) is 0 Å². The monoisotopic (exact) mass is 226 g/mol. The predicted octanol–water partition coefficient (Wildman–Crippen LogP) is 2.54. The molecule has 0 heterocycles. The fourth-order valence-electron chi connectivity index (χ4n) is 1.28. The lowest BCUT2D eigenvalue weighted by Crippen LogP contribution is -2.37. The van der Waals surface area contributed by atoms with E-state index in [1.807, 2.05) is 12.1 Å². The SMILES string of the molecule is C[Si](C)(C)c1ccc(CC(=O)Cl)cc1. The molecule has 1 nitrogen and oxygen atoms in total. The Bertz CT molecular complexity index is 324. The highest BCUT2D eigenvalue weighted by Gasteiger charge is 2.15. The van der Waals surface area contributed by atoms with Crippen molar-refractivity contribution >= 4 is 30.1 Å². The summed E-state index contributed by atoms with van der Waals surface area (Å²) in [4.78, 5) is 10.7. The van der Waals surface area contributed by atoms with E-state index in [1.54, 1.807) is 0 Å². The van der Waals surface area contributed by atoms with Gasteiger partial charge in [0.1, 0.15) is 0 Å². The second-order valence-electron chi connectivity index (χ2n) is 4.48. The van der Waals surface area contributed by atoms with Gasteiger partial charge in [-0.2, -0.15) is 0 Å². The van der Waals surface area contributed by atoms with Gasteiger partial charge in [-0.1, -0.05) is 49.1 Å². The second kappa shape index (κ2) is 4.28. The van der Waals surface area contributed by atoms with Gasteiger partial charge in [-0.15, -0.1) is 0 Å². The molecule has 14 heavy (non-hydrogen) atoms. The molecule has 0 radical (unpaired) electrons. The van der Waals surface area contributed by atoms with Crippen molar-refractivity contribution in [1.82, 2.24) is 0 Å². The van der Waals surface area contributed by atoms with Crippen molar-refractivity contribution in [2.24, 2.45) is 0 Å². The van der Waals surface area contributed by atoms with Gasteiger partial charge in [0, 0.05) is 6.42 Å². The van der Waals surface area contributed by atoms with E-state index in [0.717, 1.165) is 5.56 Å². The minimum Gasteiger partial charge on any atom is -0.281 e. The van der Waals surface area contributed by atoms with Crippen LogP contribution in [-0.2, 0) is 11.2 Å². The minimum absolute atomic E-state index is 0.300. The Balaban J connectivity index is 2.84. The molecule has 0 spiro atoms. The lowest BCUT2D eigenvalue weighted by atomic mass is 10.2. The molecule has 76 valence electrons. The van der Waals surface area contributed by atoms with E-state index in [9.17, 15) is 4.79 Å². The van der Waals surface area contributed by atoms with Crippen molar-refractivity contribution < 1.29 is 4.79 Å². The normalized spacial score (nSPS) is 11.4. The molecule has 0 N–H and O–H groups in total. The molecular formula is C11H15ClOSi. The number of halogens is 1. The number of benzene rings is 1. The van der Waals surface area contributed by atoms with Gasteiger partial charge in [-0.3, -0.25) is 4.79 Å². The van der Waals surface area contributed by atoms with Gasteiger partial charge in [0.15, 0.2) is 0 Å². The maximum absolute atomic E-state index is 10.7. The van der Waals surface area contributed by atoms with Crippen LogP contribution in [-0.4, -0.2) is 13.3 Å². The first-order valence-corrected chi connectivity index (χ1v) is 8.55. The summed E-state index contributed by atoms with van der Waals surface area (Å²) in [7, 11) is -1.21. The summed E-state index contributed by atoms with van der Waals surface area (Å²) in [5.74, 6) is 0. The first-order chi connectivity index (χ1) is 6.39. The fourth-order valence-corrected chi connectivity index (χ4v) is 2.60. The van der Waals surface area contributed by atoms with E-state index < -0.39 is 8.07 Å². The van der Waals surface area contributed by atoms with Crippen LogP contribution in [0.15, 0.2) is 24.3 Å². The van der Waals surface area contributed by atoms with Gasteiger partial charge in [-0.25, -0.2) is 0 Å². The Morgan fingerprint density at radius 1 is 1.21 bits per heavy atom. The standard InChI is InChI=1S/C11H15ClOSi/c1-14(2,3)10-6-4-9(5-7-10)8-11(12)13/h4-7H,8H2,1-3H3. The van der Waals surface area contributed by atoms with Crippen LogP contribution in [0.25, 0.3) is 0 Å². The van der Waals surface area contributed by atoms with E-state index in [4.69, 9.17) is 11.6 Å². The largest absolute Gasteiger partial charge is 0.281 e. The number of carbonyl (C=O) groups is 1. The number of hydrogen-bond donors (Lipinski definition) is 0. The first kappa shape index (κ1) is 11.5. The topological polar surface area (TPSA) is 17.1 Å². The van der Waals surface area contributed by atoms with Crippen LogP contribution in [0.2, 0.25) is 19.6 Å². The molecule has 0 aliphatic carbocycles. The molecule has 0 saturated carbocycles. The number of rotatable bonds is 3. The molecular weight excluding hydrogens is 212 g/mol. The lowest BCUT2D eigenvalue weighted by molar-refractivity contribution is -0.111. The van der Waals surface area contributed by atoms with Crippen molar-refractivity contribution in [3.63, 3.8) is 0 Å². The second-order valence-corrected chi connectivity index (χ2v) is 9.98. The van der Waals surface area contributed by atoms with Crippen molar-refractivity contribution in [2.75, 3.05) is 0 Å². The van der Waals surface area contributed by atoms with Gasteiger partial charge in [-0.05, 0) is 17.2 Å². The molecule has 0 fully saturated rings. The summed E-state index contributed by atoms with van der Waals surface area (Å²) in [5.41, 5.74) is 0.993. The summed E-state index contributed by atoms with van der Waals surface area (Å²) in [6.45, 7) is 6.90. The van der Waals surface area contributed by atoms with Gasteiger partial charge in [0.05, 0.1) is 8.07 Å². The van der Waals surface area contributed by atoms with Crippen molar-refractivity contribution in [3.05, 3.63) is 29.8 Å². The Hall–Kier alpha value is -0.603. The Kier molecular flexibility index (Phi) is 3.51. The predicted molar refractivity (Wildman–Crippen MR) is 64.0 cm³/mol. The smallest absolute Gasteiger partial charge is 0.226 e. The van der Waals surface area contributed by atoms with Gasteiger partial charge in [0.2, 0.25) is 5.24 Å². The third-order valence-electron chi connectivity index (χ3n) is 2.16. The molecule has 0 atom stereocenters. The molecule has 1 rings (SSSR count). The van der Waals surface area contributed by atoms with E-state index in [2.05, 4.69) is 31.8 Å². The van der Waals surface area contributed by atoms with Crippen LogP contribution in [0.3, 0.4) is 0 Å². The summed E-state index contributed by atoms with van der Waals surface area (Å²) >= 11 is 5.31. The zero-order chi connectivity index (χ0) is 10.8. The number of hydrogen-bond acceptors (Lipinski definition) is 1. The van der Waals surface area contributed by atoms with E-state index in [-0.39, 0.29) is 5.24 Å². The summed E-state index contributed by atoms with van der Waals surface area (Å²) < 4.78 is 0. The van der Waals surface area contributed by atoms with Crippen molar-refractivity contribution in [2.45, 2.75) is 26.1 Å². The third-order valence-corrected chi connectivity index (χ3v) is 4.36. The van der Waals surface area contributed by atoms with Crippen LogP contribution < -0.4 is 5.19 Å². The number of carbonyl (C=O) groups excluding carboxylic acids is 1. The van der Waals surface area contributed by atoms with Crippen LogP contribution in [0.1, 0.15) is 5.56 Å². The first-order valence-electron chi connectivity index (χ1n) is 4.67. The molecule has 3 heteroatoms. The van der Waals surface area contributed by atoms with Gasteiger partial charge >= 0.3 is 0 Å². The maximum atomic E-state index is 10.7. The van der Waals surface area contributed by atoms with Crippen LogP contribution in [0.5, 0.6) is 0 Å². The Morgan fingerprint density at radius 3 is 2.07 bits per heavy atom. The van der Waals surface area contributed by atoms with Gasteiger partial charge in [0.25, 0.3) is 0 Å². The highest BCUT2D eigenvalue weighted by atomic mass is 35.5. The molecule has 1 aromatic rings. The molecule has 0 unspecified atom stereocenters. The average molecular weight is 227 g/mol. The lowest BCUT2D eigenvalue weighted by Gasteiger charge is -2.16. The molecule has 0 aliphatic rings. The van der Waals surface area contributed by atoms with Crippen LogP contribution in [0, 0.1) is 0 Å². The summed E-state index contributed by atoms with van der Waals surface area (Å²) in [5, 5.41) is 1.11. The molecule has 0 bridgehead atoms. The molecule has 0 saturated heterocycles. The average Bonchev–Trinajstić information content (AvgIpc) is 2.02. The van der Waals surface area contributed by atoms with Crippen LogP contribution >= 0.6 is 11.6 Å². The van der Waals surface area contributed by atoms with Crippen molar-refractivity contribution in [1.29, 1.82) is 0 Å². The maximum Gasteiger partial charge on any atom is 0.226 e. The zero-order valence-corrected chi connectivity index (χ0v) is 10.6. The van der Waals surface area contributed by atoms with Crippen LogP contribution in [0.4, 0.5) is 0 Å². The molecule has 1 aromatic carbocycles. The molecule has 0 aromatic heterocycles. The summed E-state index contributed by atoms with van der Waals surface area (Å²) in [6.07, 6.45) is 0.327. The summed E-state index contributed by atoms with van der Waals surface area (Å²) in [6, 6.07) is 8.21.